The van der Waals surface area contributed by atoms with Crippen LogP contribution < -0.4 is 10.6 Å². The van der Waals surface area contributed by atoms with E-state index in [1.807, 2.05) is 6.92 Å². The fourth-order valence-corrected chi connectivity index (χ4v) is 1.81. The van der Waals surface area contributed by atoms with Gasteiger partial charge >= 0.3 is 0 Å². The lowest BCUT2D eigenvalue weighted by molar-refractivity contribution is -0.115. The van der Waals surface area contributed by atoms with E-state index in [4.69, 9.17) is 0 Å². The maximum atomic E-state index is 12.8. The Morgan fingerprint density at radius 2 is 1.82 bits per heavy atom. The highest BCUT2D eigenvalue weighted by atomic mass is 19.1. The van der Waals surface area contributed by atoms with Crippen molar-refractivity contribution in [3.8, 4) is 5.75 Å². The van der Waals surface area contributed by atoms with Crippen LogP contribution in [0.5, 0.6) is 5.75 Å². The van der Waals surface area contributed by atoms with E-state index in [1.54, 1.807) is 12.1 Å². The Hall–Kier alpha value is -2.89. The Morgan fingerprint density at radius 3 is 2.45 bits per heavy atom. The van der Waals surface area contributed by atoms with Crippen LogP contribution in [0.25, 0.3) is 0 Å². The summed E-state index contributed by atoms with van der Waals surface area (Å²) < 4.78 is 12.8. The van der Waals surface area contributed by atoms with Gasteiger partial charge in [0.15, 0.2) is 0 Å². The summed E-state index contributed by atoms with van der Waals surface area (Å²) in [6, 6.07) is 9.82. The van der Waals surface area contributed by atoms with Crippen LogP contribution in [0, 0.1) is 12.7 Å². The van der Waals surface area contributed by atoms with Crippen molar-refractivity contribution < 1.29 is 19.1 Å². The lowest BCUT2D eigenvalue weighted by Crippen LogP contribution is -2.32. The molecule has 0 aliphatic heterocycles. The molecule has 2 aromatic rings. The van der Waals surface area contributed by atoms with Gasteiger partial charge in [-0.3, -0.25) is 9.59 Å². The number of hydrogen-bond donors (Lipinski definition) is 3. The zero-order valence-electron chi connectivity index (χ0n) is 11.9. The summed E-state index contributed by atoms with van der Waals surface area (Å²) in [4.78, 5) is 23.5. The van der Waals surface area contributed by atoms with E-state index < -0.39 is 17.6 Å². The Bertz CT molecular complexity index is 699. The molecular formula is C16H15FN2O3. The average molecular weight is 302 g/mol. The molecule has 0 aromatic heterocycles. The van der Waals surface area contributed by atoms with Crippen molar-refractivity contribution in [2.75, 3.05) is 11.9 Å². The number of phenolic OH excluding ortho intramolecular Hbond substituents is 1. The number of carbonyl (C=O) groups is 2. The maximum absolute atomic E-state index is 12.8. The maximum Gasteiger partial charge on any atom is 0.251 e. The van der Waals surface area contributed by atoms with E-state index in [1.165, 1.54) is 30.3 Å². The number of nitrogens with one attached hydrogen (secondary N) is 2. The predicted molar refractivity (Wildman–Crippen MR) is 80.2 cm³/mol. The van der Waals surface area contributed by atoms with E-state index >= 15 is 0 Å². The molecule has 0 fully saturated rings. The highest BCUT2D eigenvalue weighted by Gasteiger charge is 2.10. The Morgan fingerprint density at radius 1 is 1.14 bits per heavy atom. The van der Waals surface area contributed by atoms with Gasteiger partial charge in [-0.05, 0) is 48.9 Å². The van der Waals surface area contributed by atoms with Crippen molar-refractivity contribution in [3.63, 3.8) is 0 Å². The van der Waals surface area contributed by atoms with Crippen LogP contribution in [0.15, 0.2) is 42.5 Å². The molecule has 5 nitrogen and oxygen atoms in total. The number of benzene rings is 2. The second-order valence-electron chi connectivity index (χ2n) is 4.76. The quantitative estimate of drug-likeness (QED) is 0.758. The lowest BCUT2D eigenvalue weighted by atomic mass is 10.2. The first kappa shape index (κ1) is 15.5. The third-order valence-corrected chi connectivity index (χ3v) is 2.94. The number of aryl methyl sites for hydroxylation is 1. The number of carbonyl (C=O) groups excluding carboxylic acids is 2. The molecule has 3 N–H and O–H groups in total. The van der Waals surface area contributed by atoms with Gasteiger partial charge in [-0.25, -0.2) is 4.39 Å². The van der Waals surface area contributed by atoms with Gasteiger partial charge in [0.25, 0.3) is 5.91 Å². The smallest absolute Gasteiger partial charge is 0.251 e. The first-order chi connectivity index (χ1) is 10.5. The Kier molecular flexibility index (Phi) is 4.73. The molecule has 0 spiro atoms. The molecule has 22 heavy (non-hydrogen) atoms. The molecule has 0 atom stereocenters. The van der Waals surface area contributed by atoms with Crippen molar-refractivity contribution in [2.24, 2.45) is 0 Å². The molecule has 6 heteroatoms. The minimum absolute atomic E-state index is 0.0433. The van der Waals surface area contributed by atoms with E-state index in [9.17, 15) is 19.1 Å². The number of rotatable bonds is 4. The minimum atomic E-state index is -0.483. The highest BCUT2D eigenvalue weighted by Crippen LogP contribution is 2.23. The number of anilines is 1. The number of phenols is 1. The van der Waals surface area contributed by atoms with Gasteiger partial charge < -0.3 is 15.7 Å². The third-order valence-electron chi connectivity index (χ3n) is 2.94. The summed E-state index contributed by atoms with van der Waals surface area (Å²) in [6.07, 6.45) is 0. The normalized spacial score (nSPS) is 10.1. The standard InChI is InChI=1S/C16H15FN2O3/c1-10-2-7-13(14(20)8-10)19-15(21)9-18-16(22)11-3-5-12(17)6-4-11/h2-8,20H,9H2,1H3,(H,18,22)(H,19,21). The van der Waals surface area contributed by atoms with Crippen molar-refractivity contribution in [2.45, 2.75) is 6.92 Å². The number of amides is 2. The van der Waals surface area contributed by atoms with Crippen LogP contribution >= 0.6 is 0 Å². The van der Waals surface area contributed by atoms with E-state index in [0.29, 0.717) is 0 Å². The summed E-state index contributed by atoms with van der Waals surface area (Å²) in [5.41, 5.74) is 1.39. The van der Waals surface area contributed by atoms with E-state index in [2.05, 4.69) is 10.6 Å². The van der Waals surface area contributed by atoms with Gasteiger partial charge in [-0.1, -0.05) is 6.07 Å². The van der Waals surface area contributed by atoms with Gasteiger partial charge in [-0.2, -0.15) is 0 Å². The van der Waals surface area contributed by atoms with Crippen molar-refractivity contribution in [1.82, 2.24) is 5.32 Å². The molecule has 114 valence electrons. The van der Waals surface area contributed by atoms with Gasteiger partial charge in [0.05, 0.1) is 12.2 Å². The molecule has 0 heterocycles. The van der Waals surface area contributed by atoms with Crippen LogP contribution in [0.4, 0.5) is 10.1 Å². The zero-order chi connectivity index (χ0) is 16.1. The molecule has 0 radical (unpaired) electrons. The summed E-state index contributed by atoms with van der Waals surface area (Å²) in [5.74, 6) is -1.44. The molecule has 0 saturated heterocycles. The van der Waals surface area contributed by atoms with Gasteiger partial charge in [-0.15, -0.1) is 0 Å². The SMILES string of the molecule is Cc1ccc(NC(=O)CNC(=O)c2ccc(F)cc2)c(O)c1. The topological polar surface area (TPSA) is 78.4 Å². The second-order valence-corrected chi connectivity index (χ2v) is 4.76. The van der Waals surface area contributed by atoms with Crippen LogP contribution in [0.2, 0.25) is 0 Å². The molecule has 0 saturated carbocycles. The summed E-state index contributed by atoms with van der Waals surface area (Å²) in [5, 5.41) is 14.6. The van der Waals surface area contributed by atoms with Gasteiger partial charge in [0, 0.05) is 5.56 Å². The number of aromatic hydroxyl groups is 1. The molecule has 2 amide bonds. The Balaban J connectivity index is 1.89. The van der Waals surface area contributed by atoms with Gasteiger partial charge in [0.1, 0.15) is 11.6 Å². The van der Waals surface area contributed by atoms with Crippen LogP contribution in [-0.2, 0) is 4.79 Å². The zero-order valence-corrected chi connectivity index (χ0v) is 11.9. The van der Waals surface area contributed by atoms with E-state index in [-0.39, 0.29) is 23.5 Å². The number of hydrogen-bond acceptors (Lipinski definition) is 3. The molecule has 2 aromatic carbocycles. The first-order valence-electron chi connectivity index (χ1n) is 6.59. The molecule has 2 rings (SSSR count). The van der Waals surface area contributed by atoms with Gasteiger partial charge in [0.2, 0.25) is 5.91 Å². The molecule has 0 aliphatic rings. The third kappa shape index (κ3) is 4.05. The van der Waals surface area contributed by atoms with Crippen LogP contribution in [0.1, 0.15) is 15.9 Å². The van der Waals surface area contributed by atoms with E-state index in [0.717, 1.165) is 5.56 Å². The monoisotopic (exact) mass is 302 g/mol. The lowest BCUT2D eigenvalue weighted by Gasteiger charge is -2.09. The summed E-state index contributed by atoms with van der Waals surface area (Å²) in [6.45, 7) is 1.55. The summed E-state index contributed by atoms with van der Waals surface area (Å²) >= 11 is 0. The second kappa shape index (κ2) is 6.71. The van der Waals surface area contributed by atoms with Crippen LogP contribution in [-0.4, -0.2) is 23.5 Å². The molecule has 0 bridgehead atoms. The van der Waals surface area contributed by atoms with Crippen molar-refractivity contribution >= 4 is 17.5 Å². The molecular weight excluding hydrogens is 287 g/mol. The first-order valence-corrected chi connectivity index (χ1v) is 6.59. The Labute approximate surface area is 126 Å². The number of halogens is 1. The highest BCUT2D eigenvalue weighted by molar-refractivity contribution is 5.99. The van der Waals surface area contributed by atoms with Crippen molar-refractivity contribution in [3.05, 3.63) is 59.4 Å². The largest absolute Gasteiger partial charge is 0.506 e. The minimum Gasteiger partial charge on any atom is -0.506 e. The van der Waals surface area contributed by atoms with Crippen molar-refractivity contribution in [1.29, 1.82) is 0 Å². The average Bonchev–Trinajstić information content (AvgIpc) is 2.48. The fourth-order valence-electron chi connectivity index (χ4n) is 1.81. The van der Waals surface area contributed by atoms with Crippen LogP contribution in [0.3, 0.4) is 0 Å². The molecule has 0 unspecified atom stereocenters. The predicted octanol–water partition coefficient (Wildman–Crippen LogP) is 2.21. The molecule has 0 aliphatic carbocycles. The fraction of sp³-hybridized carbons (Fsp3) is 0.125. The summed E-state index contributed by atoms with van der Waals surface area (Å²) in [7, 11) is 0.